The SMILES string of the molecule is O=C(O)C1CCN(C(=O)NC(C2CC2)C2CC2)C1. The van der Waals surface area contributed by atoms with Crippen molar-refractivity contribution < 1.29 is 14.7 Å². The Kier molecular flexibility index (Phi) is 2.92. The molecule has 5 nitrogen and oxygen atoms in total. The van der Waals surface area contributed by atoms with Crippen molar-refractivity contribution in [2.24, 2.45) is 17.8 Å². The van der Waals surface area contributed by atoms with Crippen LogP contribution in [0, 0.1) is 17.8 Å². The van der Waals surface area contributed by atoms with E-state index in [2.05, 4.69) is 5.32 Å². The molecular weight excluding hydrogens is 232 g/mol. The molecule has 1 aliphatic heterocycles. The quantitative estimate of drug-likeness (QED) is 0.792. The highest BCUT2D eigenvalue weighted by Gasteiger charge is 2.43. The molecule has 2 amide bonds. The molecule has 0 aromatic heterocycles. The summed E-state index contributed by atoms with van der Waals surface area (Å²) in [6.07, 6.45) is 5.52. The molecule has 1 unspecified atom stereocenters. The number of carboxylic acids is 1. The molecule has 3 rings (SSSR count). The van der Waals surface area contributed by atoms with Gasteiger partial charge in [-0.1, -0.05) is 0 Å². The van der Waals surface area contributed by atoms with E-state index in [9.17, 15) is 9.59 Å². The summed E-state index contributed by atoms with van der Waals surface area (Å²) in [6, 6.07) is 0.295. The summed E-state index contributed by atoms with van der Waals surface area (Å²) in [6.45, 7) is 0.939. The van der Waals surface area contributed by atoms with Gasteiger partial charge in [0.2, 0.25) is 0 Å². The van der Waals surface area contributed by atoms with Crippen LogP contribution in [0.2, 0.25) is 0 Å². The molecule has 3 fully saturated rings. The molecule has 1 atom stereocenters. The van der Waals surface area contributed by atoms with Crippen molar-refractivity contribution in [3.05, 3.63) is 0 Å². The Bertz CT molecular complexity index is 351. The van der Waals surface area contributed by atoms with Crippen LogP contribution < -0.4 is 5.32 Å². The Morgan fingerprint density at radius 1 is 1.11 bits per heavy atom. The van der Waals surface area contributed by atoms with Crippen molar-refractivity contribution in [1.29, 1.82) is 0 Å². The maximum atomic E-state index is 12.1. The third-order valence-electron chi connectivity index (χ3n) is 4.37. The third-order valence-corrected chi connectivity index (χ3v) is 4.37. The lowest BCUT2D eigenvalue weighted by Crippen LogP contribution is -2.46. The standard InChI is InChI=1S/C13H20N2O3/c16-12(17)10-5-6-15(7-10)13(18)14-11(8-1-2-8)9-3-4-9/h8-11H,1-7H2,(H,14,18)(H,16,17). The minimum Gasteiger partial charge on any atom is -0.481 e. The van der Waals surface area contributed by atoms with Gasteiger partial charge in [-0.15, -0.1) is 0 Å². The van der Waals surface area contributed by atoms with Gasteiger partial charge in [0.25, 0.3) is 0 Å². The number of hydrogen-bond donors (Lipinski definition) is 2. The topological polar surface area (TPSA) is 69.6 Å². The molecule has 3 aliphatic rings. The van der Waals surface area contributed by atoms with E-state index in [1.165, 1.54) is 25.7 Å². The first kappa shape index (κ1) is 11.8. The monoisotopic (exact) mass is 252 g/mol. The Labute approximate surface area is 107 Å². The lowest BCUT2D eigenvalue weighted by Gasteiger charge is -2.23. The Morgan fingerprint density at radius 3 is 2.17 bits per heavy atom. The largest absolute Gasteiger partial charge is 0.481 e. The fourth-order valence-corrected chi connectivity index (χ4v) is 2.91. The smallest absolute Gasteiger partial charge is 0.317 e. The van der Waals surface area contributed by atoms with Gasteiger partial charge in [0.05, 0.1) is 5.92 Å². The summed E-state index contributed by atoms with van der Waals surface area (Å²) in [4.78, 5) is 24.6. The first-order valence-electron chi connectivity index (χ1n) is 6.93. The van der Waals surface area contributed by atoms with Gasteiger partial charge in [-0.25, -0.2) is 4.79 Å². The van der Waals surface area contributed by atoms with Crippen LogP contribution in [0.3, 0.4) is 0 Å². The van der Waals surface area contributed by atoms with Gasteiger partial charge in [-0.3, -0.25) is 4.79 Å². The summed E-state index contributed by atoms with van der Waals surface area (Å²) in [5, 5.41) is 12.1. The lowest BCUT2D eigenvalue weighted by atomic mass is 10.1. The molecule has 18 heavy (non-hydrogen) atoms. The van der Waals surface area contributed by atoms with Crippen molar-refractivity contribution >= 4 is 12.0 Å². The number of amides is 2. The summed E-state index contributed by atoms with van der Waals surface area (Å²) >= 11 is 0. The first-order valence-corrected chi connectivity index (χ1v) is 6.93. The van der Waals surface area contributed by atoms with Gasteiger partial charge in [0.15, 0.2) is 0 Å². The number of hydrogen-bond acceptors (Lipinski definition) is 2. The first-order chi connectivity index (χ1) is 8.65. The summed E-state index contributed by atoms with van der Waals surface area (Å²) in [5.41, 5.74) is 0. The normalized spacial score (nSPS) is 27.6. The van der Waals surface area contributed by atoms with Gasteiger partial charge < -0.3 is 15.3 Å². The molecular formula is C13H20N2O3. The van der Waals surface area contributed by atoms with E-state index < -0.39 is 5.97 Å². The second-order valence-electron chi connectivity index (χ2n) is 5.92. The lowest BCUT2D eigenvalue weighted by molar-refractivity contribution is -0.141. The number of nitrogens with zero attached hydrogens (tertiary/aromatic N) is 1. The molecule has 100 valence electrons. The van der Waals surface area contributed by atoms with E-state index in [4.69, 9.17) is 5.11 Å². The number of carbonyl (C=O) groups excluding carboxylic acids is 1. The number of carbonyl (C=O) groups is 2. The average molecular weight is 252 g/mol. The zero-order valence-electron chi connectivity index (χ0n) is 10.5. The zero-order valence-corrected chi connectivity index (χ0v) is 10.5. The Morgan fingerprint density at radius 2 is 1.72 bits per heavy atom. The molecule has 0 spiro atoms. The predicted octanol–water partition coefficient (Wildman–Crippen LogP) is 1.29. The van der Waals surface area contributed by atoms with Gasteiger partial charge >= 0.3 is 12.0 Å². The zero-order chi connectivity index (χ0) is 12.7. The second-order valence-corrected chi connectivity index (χ2v) is 5.92. The highest BCUT2D eigenvalue weighted by molar-refractivity contribution is 5.77. The molecule has 2 aliphatic carbocycles. The van der Waals surface area contributed by atoms with Crippen LogP contribution in [0.1, 0.15) is 32.1 Å². The van der Waals surface area contributed by atoms with E-state index in [1.807, 2.05) is 0 Å². The predicted molar refractivity (Wildman–Crippen MR) is 65.1 cm³/mol. The maximum absolute atomic E-state index is 12.1. The summed E-state index contributed by atoms with van der Waals surface area (Å²) in [5.74, 6) is 0.195. The molecule has 0 radical (unpaired) electrons. The van der Waals surface area contributed by atoms with Crippen molar-refractivity contribution in [3.8, 4) is 0 Å². The molecule has 1 saturated heterocycles. The van der Waals surface area contributed by atoms with Crippen LogP contribution in [-0.4, -0.2) is 41.1 Å². The Balaban J connectivity index is 1.53. The van der Waals surface area contributed by atoms with Crippen molar-refractivity contribution in [2.75, 3.05) is 13.1 Å². The highest BCUT2D eigenvalue weighted by atomic mass is 16.4. The van der Waals surface area contributed by atoms with E-state index in [1.54, 1.807) is 4.90 Å². The van der Waals surface area contributed by atoms with E-state index in [-0.39, 0.29) is 11.9 Å². The van der Waals surface area contributed by atoms with E-state index in [0.717, 1.165) is 0 Å². The van der Waals surface area contributed by atoms with Crippen molar-refractivity contribution in [3.63, 3.8) is 0 Å². The number of carboxylic acid groups (broad SMARTS) is 1. The van der Waals surface area contributed by atoms with Gasteiger partial charge in [-0.2, -0.15) is 0 Å². The molecule has 1 heterocycles. The molecule has 5 heteroatoms. The fourth-order valence-electron chi connectivity index (χ4n) is 2.91. The molecule has 0 bridgehead atoms. The van der Waals surface area contributed by atoms with Crippen molar-refractivity contribution in [1.82, 2.24) is 10.2 Å². The van der Waals surface area contributed by atoms with Crippen LogP contribution in [0.15, 0.2) is 0 Å². The molecule has 2 saturated carbocycles. The van der Waals surface area contributed by atoms with E-state index >= 15 is 0 Å². The van der Waals surface area contributed by atoms with Crippen LogP contribution in [-0.2, 0) is 4.79 Å². The number of likely N-dealkylation sites (tertiary alicyclic amines) is 1. The maximum Gasteiger partial charge on any atom is 0.317 e. The number of rotatable bonds is 4. The Hall–Kier alpha value is -1.26. The average Bonchev–Trinajstić information content (AvgIpc) is 3.24. The number of aliphatic carboxylic acids is 1. The van der Waals surface area contributed by atoms with Crippen LogP contribution in [0.4, 0.5) is 4.79 Å². The number of nitrogens with one attached hydrogen (secondary N) is 1. The number of urea groups is 1. The van der Waals surface area contributed by atoms with Gasteiger partial charge in [0, 0.05) is 19.1 Å². The highest BCUT2D eigenvalue weighted by Crippen LogP contribution is 2.44. The van der Waals surface area contributed by atoms with Crippen LogP contribution >= 0.6 is 0 Å². The third kappa shape index (κ3) is 2.44. The van der Waals surface area contributed by atoms with E-state index in [0.29, 0.717) is 37.4 Å². The molecule has 2 N–H and O–H groups in total. The summed E-state index contributed by atoms with van der Waals surface area (Å²) in [7, 11) is 0. The van der Waals surface area contributed by atoms with Gasteiger partial charge in [0.1, 0.15) is 0 Å². The fraction of sp³-hybridized carbons (Fsp3) is 0.846. The van der Waals surface area contributed by atoms with Crippen LogP contribution in [0.25, 0.3) is 0 Å². The second kappa shape index (κ2) is 4.44. The minimum absolute atomic E-state index is 0.0532. The van der Waals surface area contributed by atoms with Gasteiger partial charge in [-0.05, 0) is 43.9 Å². The summed E-state index contributed by atoms with van der Waals surface area (Å²) < 4.78 is 0. The minimum atomic E-state index is -0.786. The molecule has 0 aromatic carbocycles. The van der Waals surface area contributed by atoms with Crippen molar-refractivity contribution in [2.45, 2.75) is 38.1 Å². The van der Waals surface area contributed by atoms with Crippen LogP contribution in [0.5, 0.6) is 0 Å². The molecule has 0 aromatic rings.